The number of ether oxygens (including phenoxy) is 2. The third-order valence-corrected chi connectivity index (χ3v) is 3.86. The second kappa shape index (κ2) is 7.37. The van der Waals surface area contributed by atoms with Crippen LogP contribution in [-0.2, 0) is 14.3 Å². The molecule has 0 amide bonds. The fraction of sp³-hybridized carbons (Fsp3) is 0.143. The van der Waals surface area contributed by atoms with Crippen molar-refractivity contribution in [3.8, 4) is 5.75 Å². The standard InChI is InChI=1S/C21H17NO5/c1-12-10-15(26-13(2)23)8-9-18(12)22-19-11-20(27-14(3)24)21(25)17-7-5-4-6-16(17)19/h4-11H,1-3H3. The number of carbonyl (C=O) groups is 3. The van der Waals surface area contributed by atoms with Crippen molar-refractivity contribution in [2.24, 2.45) is 4.99 Å². The van der Waals surface area contributed by atoms with Crippen molar-refractivity contribution in [2.45, 2.75) is 20.8 Å². The van der Waals surface area contributed by atoms with Crippen LogP contribution in [0.3, 0.4) is 0 Å². The fourth-order valence-electron chi connectivity index (χ4n) is 2.74. The third kappa shape index (κ3) is 4.00. The molecule has 0 saturated carbocycles. The monoisotopic (exact) mass is 363 g/mol. The lowest BCUT2D eigenvalue weighted by atomic mass is 9.93. The molecule has 0 atom stereocenters. The first-order chi connectivity index (χ1) is 12.8. The molecule has 0 radical (unpaired) electrons. The zero-order chi connectivity index (χ0) is 19.6. The van der Waals surface area contributed by atoms with Crippen LogP contribution in [0, 0.1) is 6.92 Å². The molecule has 0 unspecified atom stereocenters. The quantitative estimate of drug-likeness (QED) is 0.614. The molecule has 0 bridgehead atoms. The van der Waals surface area contributed by atoms with Crippen LogP contribution in [0.1, 0.15) is 35.3 Å². The molecule has 136 valence electrons. The van der Waals surface area contributed by atoms with Gasteiger partial charge in [-0.25, -0.2) is 4.99 Å². The molecule has 0 aliphatic heterocycles. The molecule has 0 saturated heterocycles. The molecular formula is C21H17NO5. The molecule has 0 aromatic heterocycles. The predicted octanol–water partition coefficient (Wildman–Crippen LogP) is 3.68. The molecule has 1 aliphatic carbocycles. The number of esters is 2. The number of nitrogens with zero attached hydrogens (tertiary/aromatic N) is 1. The Kier molecular flexibility index (Phi) is 4.98. The summed E-state index contributed by atoms with van der Waals surface area (Å²) in [5.74, 6) is -0.965. The first-order valence-corrected chi connectivity index (χ1v) is 8.27. The van der Waals surface area contributed by atoms with Crippen molar-refractivity contribution in [3.05, 3.63) is 71.0 Å². The number of rotatable bonds is 3. The number of ketones is 1. The molecule has 0 fully saturated rings. The summed E-state index contributed by atoms with van der Waals surface area (Å²) in [6.07, 6.45) is 1.46. The Hall–Kier alpha value is -3.54. The van der Waals surface area contributed by atoms with Crippen LogP contribution >= 0.6 is 0 Å². The van der Waals surface area contributed by atoms with E-state index in [2.05, 4.69) is 4.99 Å². The SMILES string of the molecule is CC(=O)OC1=CC(=Nc2ccc(OC(C)=O)cc2C)c2ccccc2C1=O. The van der Waals surface area contributed by atoms with E-state index < -0.39 is 11.9 Å². The van der Waals surface area contributed by atoms with E-state index in [9.17, 15) is 14.4 Å². The van der Waals surface area contributed by atoms with Gasteiger partial charge in [0, 0.05) is 31.1 Å². The minimum absolute atomic E-state index is 0.0610. The van der Waals surface area contributed by atoms with Gasteiger partial charge >= 0.3 is 11.9 Å². The highest BCUT2D eigenvalue weighted by molar-refractivity contribution is 6.26. The van der Waals surface area contributed by atoms with Gasteiger partial charge < -0.3 is 9.47 Å². The lowest BCUT2D eigenvalue weighted by Crippen LogP contribution is -2.20. The molecule has 3 rings (SSSR count). The lowest BCUT2D eigenvalue weighted by Gasteiger charge is -2.17. The number of aliphatic imine (C=N–C) groups is 1. The highest BCUT2D eigenvalue weighted by atomic mass is 16.5. The highest BCUT2D eigenvalue weighted by Gasteiger charge is 2.26. The summed E-state index contributed by atoms with van der Waals surface area (Å²) in [6, 6.07) is 12.1. The van der Waals surface area contributed by atoms with E-state index in [1.165, 1.54) is 19.9 Å². The Morgan fingerprint density at radius 2 is 1.59 bits per heavy atom. The van der Waals surface area contributed by atoms with Crippen LogP contribution in [0.4, 0.5) is 5.69 Å². The number of fused-ring (bicyclic) bond motifs is 1. The topological polar surface area (TPSA) is 82.0 Å². The predicted molar refractivity (Wildman–Crippen MR) is 99.3 cm³/mol. The summed E-state index contributed by atoms with van der Waals surface area (Å²) in [4.78, 5) is 39.5. The molecule has 6 heteroatoms. The van der Waals surface area contributed by atoms with E-state index in [0.29, 0.717) is 28.3 Å². The van der Waals surface area contributed by atoms with Gasteiger partial charge in [0.1, 0.15) is 5.75 Å². The first kappa shape index (κ1) is 18.3. The van der Waals surface area contributed by atoms with E-state index in [0.717, 1.165) is 5.56 Å². The minimum atomic E-state index is -0.574. The van der Waals surface area contributed by atoms with Crippen LogP contribution in [0.25, 0.3) is 0 Å². The van der Waals surface area contributed by atoms with Crippen molar-refractivity contribution in [3.63, 3.8) is 0 Å². The molecule has 0 spiro atoms. The van der Waals surface area contributed by atoms with Crippen LogP contribution in [0.2, 0.25) is 0 Å². The maximum absolute atomic E-state index is 12.5. The van der Waals surface area contributed by atoms with Crippen molar-refractivity contribution in [2.75, 3.05) is 0 Å². The smallest absolute Gasteiger partial charge is 0.308 e. The number of benzene rings is 2. The average molecular weight is 363 g/mol. The first-order valence-electron chi connectivity index (χ1n) is 8.27. The number of hydrogen-bond acceptors (Lipinski definition) is 6. The molecule has 0 heterocycles. The van der Waals surface area contributed by atoms with Crippen LogP contribution < -0.4 is 4.74 Å². The van der Waals surface area contributed by atoms with Crippen molar-refractivity contribution >= 4 is 29.1 Å². The summed E-state index contributed by atoms with van der Waals surface area (Å²) in [7, 11) is 0. The normalized spacial score (nSPS) is 14.4. The second-order valence-corrected chi connectivity index (χ2v) is 6.02. The number of aryl methyl sites for hydroxylation is 1. The molecule has 1 aliphatic rings. The van der Waals surface area contributed by atoms with Gasteiger partial charge in [-0.1, -0.05) is 24.3 Å². The Labute approximate surface area is 156 Å². The number of hydrogen-bond donors (Lipinski definition) is 0. The van der Waals surface area contributed by atoms with Gasteiger partial charge in [0.05, 0.1) is 11.4 Å². The van der Waals surface area contributed by atoms with E-state index >= 15 is 0 Å². The minimum Gasteiger partial charge on any atom is -0.427 e. The second-order valence-electron chi connectivity index (χ2n) is 6.02. The van der Waals surface area contributed by atoms with Crippen molar-refractivity contribution < 1.29 is 23.9 Å². The lowest BCUT2D eigenvalue weighted by molar-refractivity contribution is -0.136. The average Bonchev–Trinajstić information content (AvgIpc) is 2.60. The highest BCUT2D eigenvalue weighted by Crippen LogP contribution is 2.28. The van der Waals surface area contributed by atoms with Gasteiger partial charge in [0.15, 0.2) is 5.76 Å². The van der Waals surface area contributed by atoms with E-state index in [1.807, 2.05) is 13.0 Å². The number of carbonyl (C=O) groups excluding carboxylic acids is 3. The summed E-state index contributed by atoms with van der Waals surface area (Å²) < 4.78 is 10.1. The zero-order valence-corrected chi connectivity index (χ0v) is 15.1. The van der Waals surface area contributed by atoms with Crippen LogP contribution in [0.15, 0.2) is 59.3 Å². The van der Waals surface area contributed by atoms with Gasteiger partial charge in [-0.2, -0.15) is 0 Å². The Morgan fingerprint density at radius 3 is 2.22 bits per heavy atom. The van der Waals surface area contributed by atoms with Gasteiger partial charge in [-0.15, -0.1) is 0 Å². The molecule has 2 aromatic carbocycles. The van der Waals surface area contributed by atoms with Crippen molar-refractivity contribution in [1.82, 2.24) is 0 Å². The van der Waals surface area contributed by atoms with Gasteiger partial charge in [0.2, 0.25) is 5.78 Å². The Morgan fingerprint density at radius 1 is 0.926 bits per heavy atom. The number of allylic oxidation sites excluding steroid dienone is 2. The van der Waals surface area contributed by atoms with Gasteiger partial charge in [0.25, 0.3) is 0 Å². The molecule has 6 nitrogen and oxygen atoms in total. The maximum atomic E-state index is 12.5. The molecule has 27 heavy (non-hydrogen) atoms. The van der Waals surface area contributed by atoms with E-state index in [1.54, 1.807) is 36.4 Å². The summed E-state index contributed by atoms with van der Waals surface area (Å²) >= 11 is 0. The summed E-state index contributed by atoms with van der Waals surface area (Å²) in [6.45, 7) is 4.41. The van der Waals surface area contributed by atoms with Gasteiger partial charge in [-0.3, -0.25) is 14.4 Å². The zero-order valence-electron chi connectivity index (χ0n) is 15.1. The molecular weight excluding hydrogens is 346 g/mol. The fourth-order valence-corrected chi connectivity index (χ4v) is 2.74. The summed E-state index contributed by atoms with van der Waals surface area (Å²) in [5.41, 5.74) is 3.01. The molecule has 2 aromatic rings. The van der Waals surface area contributed by atoms with E-state index in [-0.39, 0.29) is 11.5 Å². The van der Waals surface area contributed by atoms with Crippen molar-refractivity contribution in [1.29, 1.82) is 0 Å². The van der Waals surface area contributed by atoms with Crippen LogP contribution in [-0.4, -0.2) is 23.4 Å². The molecule has 0 N–H and O–H groups in total. The largest absolute Gasteiger partial charge is 0.427 e. The van der Waals surface area contributed by atoms with Gasteiger partial charge in [-0.05, 0) is 30.7 Å². The third-order valence-electron chi connectivity index (χ3n) is 3.86. The summed E-state index contributed by atoms with van der Waals surface area (Å²) in [5, 5.41) is 0. The van der Waals surface area contributed by atoms with E-state index in [4.69, 9.17) is 9.47 Å². The van der Waals surface area contributed by atoms with Crippen LogP contribution in [0.5, 0.6) is 5.75 Å². The maximum Gasteiger partial charge on any atom is 0.308 e. The Bertz CT molecular complexity index is 1020. The Balaban J connectivity index is 2.07. The number of Topliss-reactive ketones (excluding diaryl/α,β-unsaturated/α-hetero) is 1.